The van der Waals surface area contributed by atoms with Crippen LogP contribution in [-0.4, -0.2) is 26.8 Å². The van der Waals surface area contributed by atoms with E-state index in [0.717, 1.165) is 0 Å². The topological polar surface area (TPSA) is 38.5 Å². The monoisotopic (exact) mass is 244 g/mol. The van der Waals surface area contributed by atoms with Gasteiger partial charge >= 0.3 is 0 Å². The molecule has 0 heterocycles. The summed E-state index contributed by atoms with van der Waals surface area (Å²) in [4.78, 5) is 1.50. The van der Waals surface area contributed by atoms with Gasteiger partial charge in [0.15, 0.2) is 0 Å². The third-order valence-electron chi connectivity index (χ3n) is 2.47. The van der Waals surface area contributed by atoms with Gasteiger partial charge in [-0.25, -0.2) is 8.78 Å². The molecule has 0 fully saturated rings. The minimum atomic E-state index is -0.593. The number of hydrogen-bond donors (Lipinski definition) is 1. The standard InChI is InChI=1S/C12H18F2N2O/c1-3-17-5-4-16(2)12-10(13)6-9(8-15)7-11(12)14/h6-7H,3-5,8,15H2,1-2H3. The van der Waals surface area contributed by atoms with Crippen molar-refractivity contribution in [2.75, 3.05) is 31.7 Å². The fraction of sp³-hybridized carbons (Fsp3) is 0.500. The lowest BCUT2D eigenvalue weighted by Crippen LogP contribution is -2.24. The summed E-state index contributed by atoms with van der Waals surface area (Å²) >= 11 is 0. The van der Waals surface area contributed by atoms with Crippen LogP contribution >= 0.6 is 0 Å². The zero-order chi connectivity index (χ0) is 12.8. The predicted octanol–water partition coefficient (Wildman–Crippen LogP) is 1.90. The zero-order valence-electron chi connectivity index (χ0n) is 10.2. The first-order valence-corrected chi connectivity index (χ1v) is 5.57. The summed E-state index contributed by atoms with van der Waals surface area (Å²) in [7, 11) is 1.63. The highest BCUT2D eigenvalue weighted by atomic mass is 19.1. The largest absolute Gasteiger partial charge is 0.380 e. The number of benzene rings is 1. The molecular weight excluding hydrogens is 226 g/mol. The quantitative estimate of drug-likeness (QED) is 0.777. The molecule has 2 N–H and O–H groups in total. The van der Waals surface area contributed by atoms with Crippen LogP contribution in [-0.2, 0) is 11.3 Å². The molecule has 0 amide bonds. The summed E-state index contributed by atoms with van der Waals surface area (Å²) in [6, 6.07) is 2.52. The molecule has 96 valence electrons. The van der Waals surface area contributed by atoms with Crippen molar-refractivity contribution in [2.45, 2.75) is 13.5 Å². The lowest BCUT2D eigenvalue weighted by Gasteiger charge is -2.20. The van der Waals surface area contributed by atoms with Gasteiger partial charge in [-0.05, 0) is 24.6 Å². The molecule has 0 aliphatic heterocycles. The van der Waals surface area contributed by atoms with E-state index in [-0.39, 0.29) is 12.2 Å². The molecule has 0 spiro atoms. The summed E-state index contributed by atoms with van der Waals surface area (Å²) in [6.07, 6.45) is 0. The number of ether oxygens (including phenoxy) is 1. The van der Waals surface area contributed by atoms with Crippen LogP contribution < -0.4 is 10.6 Å². The third-order valence-corrected chi connectivity index (χ3v) is 2.47. The number of nitrogens with zero attached hydrogens (tertiary/aromatic N) is 1. The molecule has 0 aliphatic rings. The van der Waals surface area contributed by atoms with Crippen molar-refractivity contribution in [3.8, 4) is 0 Å². The number of hydrogen-bond acceptors (Lipinski definition) is 3. The lowest BCUT2D eigenvalue weighted by molar-refractivity contribution is 0.154. The Morgan fingerprint density at radius 3 is 2.35 bits per heavy atom. The van der Waals surface area contributed by atoms with Gasteiger partial charge in [0.2, 0.25) is 0 Å². The van der Waals surface area contributed by atoms with Crippen LogP contribution in [0.4, 0.5) is 14.5 Å². The van der Waals surface area contributed by atoms with Crippen LogP contribution in [0.5, 0.6) is 0 Å². The summed E-state index contributed by atoms with van der Waals surface area (Å²) in [6.45, 7) is 3.45. The Hall–Kier alpha value is -1.20. The van der Waals surface area contributed by atoms with Crippen LogP contribution in [0.2, 0.25) is 0 Å². The van der Waals surface area contributed by atoms with E-state index in [4.69, 9.17) is 10.5 Å². The fourth-order valence-corrected chi connectivity index (χ4v) is 1.56. The van der Waals surface area contributed by atoms with Crippen molar-refractivity contribution in [2.24, 2.45) is 5.73 Å². The highest BCUT2D eigenvalue weighted by Gasteiger charge is 2.14. The zero-order valence-corrected chi connectivity index (χ0v) is 10.2. The number of anilines is 1. The van der Waals surface area contributed by atoms with Crippen molar-refractivity contribution < 1.29 is 13.5 Å². The van der Waals surface area contributed by atoms with Gasteiger partial charge in [-0.3, -0.25) is 0 Å². The Morgan fingerprint density at radius 1 is 1.29 bits per heavy atom. The maximum absolute atomic E-state index is 13.7. The maximum Gasteiger partial charge on any atom is 0.149 e. The van der Waals surface area contributed by atoms with Crippen molar-refractivity contribution >= 4 is 5.69 Å². The second-order valence-electron chi connectivity index (χ2n) is 3.73. The normalized spacial score (nSPS) is 10.6. The maximum atomic E-state index is 13.7. The first kappa shape index (κ1) is 13.9. The van der Waals surface area contributed by atoms with Gasteiger partial charge in [-0.1, -0.05) is 0 Å². The van der Waals surface area contributed by atoms with Gasteiger partial charge in [0, 0.05) is 26.7 Å². The van der Waals surface area contributed by atoms with E-state index in [2.05, 4.69) is 0 Å². The molecule has 0 aliphatic carbocycles. The highest BCUT2D eigenvalue weighted by molar-refractivity contribution is 5.50. The van der Waals surface area contributed by atoms with Gasteiger partial charge in [0.05, 0.1) is 6.61 Å². The SMILES string of the molecule is CCOCCN(C)c1c(F)cc(CN)cc1F. The molecule has 3 nitrogen and oxygen atoms in total. The fourth-order valence-electron chi connectivity index (χ4n) is 1.56. The van der Waals surface area contributed by atoms with E-state index in [9.17, 15) is 8.78 Å². The molecule has 0 unspecified atom stereocenters. The van der Waals surface area contributed by atoms with Crippen molar-refractivity contribution in [1.29, 1.82) is 0 Å². The molecule has 0 saturated carbocycles. The summed E-state index contributed by atoms with van der Waals surface area (Å²) in [5.74, 6) is -1.19. The van der Waals surface area contributed by atoms with E-state index < -0.39 is 11.6 Å². The summed E-state index contributed by atoms with van der Waals surface area (Å²) < 4.78 is 32.5. The van der Waals surface area contributed by atoms with E-state index in [0.29, 0.717) is 25.3 Å². The van der Waals surface area contributed by atoms with Gasteiger partial charge in [0.1, 0.15) is 17.3 Å². The molecular formula is C12H18F2N2O. The number of likely N-dealkylation sites (N-methyl/N-ethyl adjacent to an activating group) is 1. The average Bonchev–Trinajstić information content (AvgIpc) is 2.28. The van der Waals surface area contributed by atoms with Crippen LogP contribution in [0.25, 0.3) is 0 Å². The molecule has 0 atom stereocenters. The molecule has 5 heteroatoms. The summed E-state index contributed by atoms with van der Waals surface area (Å²) in [5.41, 5.74) is 5.75. The number of rotatable bonds is 6. The van der Waals surface area contributed by atoms with E-state index in [1.165, 1.54) is 17.0 Å². The van der Waals surface area contributed by atoms with Gasteiger partial charge in [0.25, 0.3) is 0 Å². The van der Waals surface area contributed by atoms with Crippen molar-refractivity contribution in [1.82, 2.24) is 0 Å². The minimum Gasteiger partial charge on any atom is -0.380 e. The summed E-state index contributed by atoms with van der Waals surface area (Å²) in [5, 5.41) is 0. The second-order valence-corrected chi connectivity index (χ2v) is 3.73. The Morgan fingerprint density at radius 2 is 1.88 bits per heavy atom. The van der Waals surface area contributed by atoms with E-state index >= 15 is 0 Å². The molecule has 1 aromatic carbocycles. The van der Waals surface area contributed by atoms with Crippen LogP contribution in [0.3, 0.4) is 0 Å². The van der Waals surface area contributed by atoms with Gasteiger partial charge in [-0.15, -0.1) is 0 Å². The number of halogens is 2. The molecule has 0 aromatic heterocycles. The first-order valence-electron chi connectivity index (χ1n) is 5.57. The molecule has 0 saturated heterocycles. The van der Waals surface area contributed by atoms with Crippen LogP contribution in [0, 0.1) is 11.6 Å². The van der Waals surface area contributed by atoms with Crippen LogP contribution in [0.1, 0.15) is 12.5 Å². The lowest BCUT2D eigenvalue weighted by atomic mass is 10.1. The highest BCUT2D eigenvalue weighted by Crippen LogP contribution is 2.23. The Kier molecular flexibility index (Phi) is 5.31. The van der Waals surface area contributed by atoms with Crippen molar-refractivity contribution in [3.05, 3.63) is 29.3 Å². The Bertz CT molecular complexity index is 349. The predicted molar refractivity (Wildman–Crippen MR) is 64.0 cm³/mol. The Balaban J connectivity index is 2.82. The van der Waals surface area contributed by atoms with E-state index in [1.807, 2.05) is 6.92 Å². The Labute approximate surface area is 100 Å². The molecule has 0 radical (unpaired) electrons. The smallest absolute Gasteiger partial charge is 0.149 e. The van der Waals surface area contributed by atoms with Gasteiger partial charge < -0.3 is 15.4 Å². The minimum absolute atomic E-state index is 0.0399. The first-order chi connectivity index (χ1) is 8.10. The molecule has 1 aromatic rings. The van der Waals surface area contributed by atoms with Crippen molar-refractivity contribution in [3.63, 3.8) is 0 Å². The third kappa shape index (κ3) is 3.64. The average molecular weight is 244 g/mol. The molecule has 1 rings (SSSR count). The number of nitrogens with two attached hydrogens (primary N) is 1. The molecule has 17 heavy (non-hydrogen) atoms. The van der Waals surface area contributed by atoms with Gasteiger partial charge in [-0.2, -0.15) is 0 Å². The van der Waals surface area contributed by atoms with Crippen LogP contribution in [0.15, 0.2) is 12.1 Å². The molecule has 0 bridgehead atoms. The van der Waals surface area contributed by atoms with E-state index in [1.54, 1.807) is 7.05 Å². The second kappa shape index (κ2) is 6.51.